The average molecular weight is 284 g/mol. The van der Waals surface area contributed by atoms with Crippen molar-refractivity contribution in [1.29, 1.82) is 0 Å². The highest BCUT2D eigenvalue weighted by atomic mass is 35.5. The lowest BCUT2D eigenvalue weighted by molar-refractivity contribution is 0.602. The molecule has 2 aromatic rings. The van der Waals surface area contributed by atoms with Gasteiger partial charge in [0.15, 0.2) is 9.84 Å². The second kappa shape index (κ2) is 4.91. The smallest absolute Gasteiger partial charge is 0.224 e. The molecule has 0 aliphatic carbocycles. The molecule has 0 radical (unpaired) electrons. The molecule has 0 saturated carbocycles. The lowest BCUT2D eigenvalue weighted by atomic mass is 10.3. The van der Waals surface area contributed by atoms with Crippen LogP contribution in [-0.4, -0.2) is 24.6 Å². The molecule has 0 saturated heterocycles. The van der Waals surface area contributed by atoms with Gasteiger partial charge >= 0.3 is 0 Å². The van der Waals surface area contributed by atoms with Crippen LogP contribution in [0.25, 0.3) is 0 Å². The maximum absolute atomic E-state index is 11.3. The predicted molar refractivity (Wildman–Crippen MR) is 69.9 cm³/mol. The van der Waals surface area contributed by atoms with Gasteiger partial charge in [0, 0.05) is 18.1 Å². The summed E-state index contributed by atoms with van der Waals surface area (Å²) in [4.78, 5) is 8.00. The van der Waals surface area contributed by atoms with Gasteiger partial charge in [0.2, 0.25) is 5.28 Å². The van der Waals surface area contributed by atoms with E-state index in [1.54, 1.807) is 18.2 Å². The first-order chi connectivity index (χ1) is 8.45. The number of anilines is 2. The third-order valence-corrected chi connectivity index (χ3v) is 3.49. The Morgan fingerprint density at radius 1 is 1.17 bits per heavy atom. The number of hydrogen-bond acceptors (Lipinski definition) is 5. The second-order valence-electron chi connectivity index (χ2n) is 3.63. The third-order valence-electron chi connectivity index (χ3n) is 2.18. The maximum Gasteiger partial charge on any atom is 0.224 e. The van der Waals surface area contributed by atoms with Crippen molar-refractivity contribution >= 4 is 32.9 Å². The third kappa shape index (κ3) is 3.18. The summed E-state index contributed by atoms with van der Waals surface area (Å²) < 4.78 is 22.6. The first-order valence-corrected chi connectivity index (χ1v) is 7.28. The highest BCUT2D eigenvalue weighted by Gasteiger charge is 2.06. The molecule has 18 heavy (non-hydrogen) atoms. The topological polar surface area (TPSA) is 72.0 Å². The Kier molecular flexibility index (Phi) is 3.49. The number of nitrogens with zero attached hydrogens (tertiary/aromatic N) is 2. The van der Waals surface area contributed by atoms with Crippen LogP contribution < -0.4 is 5.32 Å². The van der Waals surface area contributed by atoms with Crippen molar-refractivity contribution in [3.63, 3.8) is 0 Å². The molecule has 2 rings (SSSR count). The zero-order valence-corrected chi connectivity index (χ0v) is 11.0. The first-order valence-electron chi connectivity index (χ1n) is 5.01. The van der Waals surface area contributed by atoms with Crippen LogP contribution in [0, 0.1) is 0 Å². The molecule has 0 aliphatic rings. The Labute approximate surface area is 110 Å². The highest BCUT2D eigenvalue weighted by molar-refractivity contribution is 7.90. The molecule has 1 heterocycles. The molecular formula is C11H10ClN3O2S. The van der Waals surface area contributed by atoms with E-state index < -0.39 is 9.84 Å². The molecule has 5 nitrogen and oxygen atoms in total. The highest BCUT2D eigenvalue weighted by Crippen LogP contribution is 2.17. The monoisotopic (exact) mass is 283 g/mol. The predicted octanol–water partition coefficient (Wildman–Crippen LogP) is 2.28. The van der Waals surface area contributed by atoms with Crippen molar-refractivity contribution < 1.29 is 8.42 Å². The Bertz CT molecular complexity index is 656. The van der Waals surface area contributed by atoms with Crippen LogP contribution in [0.4, 0.5) is 11.5 Å². The minimum Gasteiger partial charge on any atom is -0.340 e. The molecule has 1 aromatic carbocycles. The standard InChI is InChI=1S/C11H10ClN3O2S/c1-18(16,17)9-4-2-8(3-5-9)14-10-6-7-13-11(12)15-10/h2-7H,1H3,(H,13,14,15). The molecule has 0 spiro atoms. The van der Waals surface area contributed by atoms with Crippen LogP contribution in [-0.2, 0) is 9.84 Å². The van der Waals surface area contributed by atoms with E-state index in [1.165, 1.54) is 24.6 Å². The van der Waals surface area contributed by atoms with Crippen molar-refractivity contribution in [3.05, 3.63) is 41.8 Å². The number of nitrogens with one attached hydrogen (secondary N) is 1. The van der Waals surface area contributed by atoms with Gasteiger partial charge in [-0.2, -0.15) is 0 Å². The zero-order chi connectivity index (χ0) is 13.2. The fourth-order valence-corrected chi connectivity index (χ4v) is 2.12. The molecule has 0 amide bonds. The van der Waals surface area contributed by atoms with E-state index >= 15 is 0 Å². The molecular weight excluding hydrogens is 274 g/mol. The van der Waals surface area contributed by atoms with Crippen LogP contribution in [0.5, 0.6) is 0 Å². The summed E-state index contributed by atoms with van der Waals surface area (Å²) in [6, 6.07) is 8.04. The number of aromatic nitrogens is 2. The van der Waals surface area contributed by atoms with Gasteiger partial charge in [0.05, 0.1) is 4.90 Å². The van der Waals surface area contributed by atoms with Crippen molar-refractivity contribution in [1.82, 2.24) is 9.97 Å². The van der Waals surface area contributed by atoms with E-state index in [0.29, 0.717) is 5.82 Å². The minimum absolute atomic E-state index is 0.146. The van der Waals surface area contributed by atoms with Gasteiger partial charge < -0.3 is 5.32 Å². The molecule has 0 unspecified atom stereocenters. The minimum atomic E-state index is -3.17. The molecule has 1 aromatic heterocycles. The van der Waals surface area contributed by atoms with Gasteiger partial charge in [0.25, 0.3) is 0 Å². The molecule has 0 aliphatic heterocycles. The van der Waals surface area contributed by atoms with Gasteiger partial charge in [-0.25, -0.2) is 18.4 Å². The van der Waals surface area contributed by atoms with Gasteiger partial charge in [-0.05, 0) is 41.9 Å². The number of halogens is 1. The zero-order valence-electron chi connectivity index (χ0n) is 9.46. The summed E-state index contributed by atoms with van der Waals surface area (Å²) in [5, 5.41) is 3.14. The first kappa shape index (κ1) is 12.8. The number of benzene rings is 1. The molecule has 0 fully saturated rings. The van der Waals surface area contributed by atoms with E-state index in [-0.39, 0.29) is 10.2 Å². The normalized spacial score (nSPS) is 11.2. The Morgan fingerprint density at radius 3 is 2.39 bits per heavy atom. The fraction of sp³-hybridized carbons (Fsp3) is 0.0909. The van der Waals surface area contributed by atoms with Crippen LogP contribution in [0.1, 0.15) is 0 Å². The largest absolute Gasteiger partial charge is 0.340 e. The molecule has 1 N–H and O–H groups in total. The molecule has 7 heteroatoms. The Balaban J connectivity index is 2.21. The Morgan fingerprint density at radius 2 is 1.83 bits per heavy atom. The maximum atomic E-state index is 11.3. The van der Waals surface area contributed by atoms with Crippen LogP contribution in [0.15, 0.2) is 41.4 Å². The van der Waals surface area contributed by atoms with Crippen LogP contribution in [0.3, 0.4) is 0 Å². The van der Waals surface area contributed by atoms with Crippen molar-refractivity contribution in [2.24, 2.45) is 0 Å². The SMILES string of the molecule is CS(=O)(=O)c1ccc(Nc2ccnc(Cl)n2)cc1. The lowest BCUT2D eigenvalue weighted by Crippen LogP contribution is -1.98. The van der Waals surface area contributed by atoms with Crippen molar-refractivity contribution in [3.8, 4) is 0 Å². The van der Waals surface area contributed by atoms with Gasteiger partial charge in [-0.15, -0.1) is 0 Å². The van der Waals surface area contributed by atoms with Crippen LogP contribution in [0.2, 0.25) is 5.28 Å². The summed E-state index contributed by atoms with van der Waals surface area (Å²) in [5.74, 6) is 0.544. The molecule has 0 atom stereocenters. The Hall–Kier alpha value is -1.66. The van der Waals surface area contributed by atoms with E-state index in [1.807, 2.05) is 0 Å². The number of rotatable bonds is 3. The van der Waals surface area contributed by atoms with Crippen LogP contribution >= 0.6 is 11.6 Å². The number of hydrogen-bond donors (Lipinski definition) is 1. The van der Waals surface area contributed by atoms with E-state index in [4.69, 9.17) is 11.6 Å². The van der Waals surface area contributed by atoms with E-state index in [9.17, 15) is 8.42 Å². The summed E-state index contributed by atoms with van der Waals surface area (Å²) in [5.41, 5.74) is 0.720. The van der Waals surface area contributed by atoms with Gasteiger partial charge in [0.1, 0.15) is 5.82 Å². The second-order valence-corrected chi connectivity index (χ2v) is 5.99. The number of sulfone groups is 1. The van der Waals surface area contributed by atoms with Crippen molar-refractivity contribution in [2.75, 3.05) is 11.6 Å². The quantitative estimate of drug-likeness (QED) is 0.875. The van der Waals surface area contributed by atoms with Gasteiger partial charge in [-0.3, -0.25) is 0 Å². The summed E-state index contributed by atoms with van der Waals surface area (Å²) >= 11 is 5.65. The summed E-state index contributed by atoms with van der Waals surface area (Å²) in [7, 11) is -3.17. The summed E-state index contributed by atoms with van der Waals surface area (Å²) in [6.45, 7) is 0. The lowest BCUT2D eigenvalue weighted by Gasteiger charge is -2.06. The molecule has 94 valence electrons. The average Bonchev–Trinajstić information content (AvgIpc) is 2.28. The van der Waals surface area contributed by atoms with E-state index in [0.717, 1.165) is 5.69 Å². The van der Waals surface area contributed by atoms with E-state index in [2.05, 4.69) is 15.3 Å². The van der Waals surface area contributed by atoms with Crippen molar-refractivity contribution in [2.45, 2.75) is 4.90 Å². The summed E-state index contributed by atoms with van der Waals surface area (Å²) in [6.07, 6.45) is 2.70. The van der Waals surface area contributed by atoms with Gasteiger partial charge in [-0.1, -0.05) is 0 Å². The fourth-order valence-electron chi connectivity index (χ4n) is 1.34. The molecule has 0 bridgehead atoms.